The van der Waals surface area contributed by atoms with Crippen molar-refractivity contribution in [2.24, 2.45) is 11.3 Å². The second kappa shape index (κ2) is 6.83. The third-order valence-corrected chi connectivity index (χ3v) is 6.90. The van der Waals surface area contributed by atoms with E-state index < -0.39 is 0 Å². The summed E-state index contributed by atoms with van der Waals surface area (Å²) >= 11 is 0. The standard InChI is InChI=1S/C25H30/c1-3-4-11-18-25(2,19-12-5-6-13-19)24-22-16-9-7-14-20(22)21-15-8-10-17-23(21)24/h3,7-10,14-17,19,24H,1,4-6,11-13,18H2,2H3. The number of allylic oxidation sites excluding steroid dienone is 1. The zero-order valence-electron chi connectivity index (χ0n) is 15.5. The molecule has 0 heteroatoms. The minimum atomic E-state index is 0.349. The zero-order valence-corrected chi connectivity index (χ0v) is 15.5. The summed E-state index contributed by atoms with van der Waals surface area (Å²) < 4.78 is 0. The molecule has 0 heterocycles. The maximum absolute atomic E-state index is 3.95. The largest absolute Gasteiger partial charge is 0.103 e. The second-order valence-electron chi connectivity index (χ2n) is 8.28. The average molecular weight is 331 g/mol. The van der Waals surface area contributed by atoms with Gasteiger partial charge in [-0.3, -0.25) is 0 Å². The van der Waals surface area contributed by atoms with E-state index in [4.69, 9.17) is 0 Å². The summed E-state index contributed by atoms with van der Waals surface area (Å²) in [6.07, 6.45) is 11.4. The molecule has 0 N–H and O–H groups in total. The molecule has 0 aromatic heterocycles. The van der Waals surface area contributed by atoms with Crippen LogP contribution < -0.4 is 0 Å². The van der Waals surface area contributed by atoms with Gasteiger partial charge >= 0.3 is 0 Å². The third-order valence-electron chi connectivity index (χ3n) is 6.90. The van der Waals surface area contributed by atoms with Gasteiger partial charge in [-0.15, -0.1) is 6.58 Å². The van der Waals surface area contributed by atoms with E-state index in [2.05, 4.69) is 68.1 Å². The fraction of sp³-hybridized carbons (Fsp3) is 0.440. The molecule has 2 aromatic rings. The van der Waals surface area contributed by atoms with Gasteiger partial charge in [0.1, 0.15) is 0 Å². The molecule has 2 aliphatic carbocycles. The minimum Gasteiger partial charge on any atom is -0.103 e. The van der Waals surface area contributed by atoms with Crippen LogP contribution in [0.2, 0.25) is 0 Å². The molecule has 0 nitrogen and oxygen atoms in total. The summed E-state index contributed by atoms with van der Waals surface area (Å²) in [6, 6.07) is 18.3. The fourth-order valence-electron chi connectivity index (χ4n) is 5.66. The molecule has 0 aliphatic heterocycles. The van der Waals surface area contributed by atoms with Gasteiger partial charge in [-0.05, 0) is 65.7 Å². The molecule has 4 rings (SSSR count). The smallest absolute Gasteiger partial charge is 0.0158 e. The van der Waals surface area contributed by atoms with Gasteiger partial charge in [0.05, 0.1) is 0 Å². The lowest BCUT2D eigenvalue weighted by atomic mass is 9.61. The number of benzene rings is 2. The van der Waals surface area contributed by atoms with Crippen LogP contribution in [0.1, 0.15) is 68.9 Å². The lowest BCUT2D eigenvalue weighted by molar-refractivity contribution is 0.143. The highest BCUT2D eigenvalue weighted by molar-refractivity contribution is 5.79. The summed E-state index contributed by atoms with van der Waals surface area (Å²) in [4.78, 5) is 0. The first-order valence-electron chi connectivity index (χ1n) is 10.0. The van der Waals surface area contributed by atoms with Crippen molar-refractivity contribution >= 4 is 0 Å². The number of unbranched alkanes of at least 4 members (excludes halogenated alkanes) is 1. The Morgan fingerprint density at radius 2 is 1.52 bits per heavy atom. The SMILES string of the molecule is C=CCCCC(C)(C1CCCC1)C1c2ccccc2-c2ccccc21. The van der Waals surface area contributed by atoms with E-state index in [1.54, 1.807) is 11.1 Å². The molecule has 0 saturated heterocycles. The Morgan fingerprint density at radius 3 is 2.08 bits per heavy atom. The molecule has 2 aliphatic rings. The van der Waals surface area contributed by atoms with Crippen LogP contribution in [-0.4, -0.2) is 0 Å². The molecule has 25 heavy (non-hydrogen) atoms. The van der Waals surface area contributed by atoms with Gasteiger partial charge < -0.3 is 0 Å². The van der Waals surface area contributed by atoms with Crippen LogP contribution in [0.15, 0.2) is 61.2 Å². The Morgan fingerprint density at radius 1 is 0.960 bits per heavy atom. The normalized spacial score (nSPS) is 19.4. The van der Waals surface area contributed by atoms with Crippen molar-refractivity contribution in [3.8, 4) is 11.1 Å². The van der Waals surface area contributed by atoms with E-state index in [1.807, 2.05) is 0 Å². The third kappa shape index (κ3) is 2.76. The van der Waals surface area contributed by atoms with Crippen LogP contribution in [0.25, 0.3) is 11.1 Å². The van der Waals surface area contributed by atoms with Gasteiger partial charge in [0, 0.05) is 5.92 Å². The van der Waals surface area contributed by atoms with Crippen molar-refractivity contribution in [1.29, 1.82) is 0 Å². The molecule has 0 bridgehead atoms. The van der Waals surface area contributed by atoms with Gasteiger partial charge in [0.25, 0.3) is 0 Å². The van der Waals surface area contributed by atoms with E-state index in [0.29, 0.717) is 11.3 Å². The first kappa shape index (κ1) is 16.6. The van der Waals surface area contributed by atoms with Crippen LogP contribution in [0.3, 0.4) is 0 Å². The van der Waals surface area contributed by atoms with Crippen molar-refractivity contribution in [3.63, 3.8) is 0 Å². The molecule has 1 saturated carbocycles. The van der Waals surface area contributed by atoms with E-state index in [-0.39, 0.29) is 0 Å². The van der Waals surface area contributed by atoms with Crippen LogP contribution in [0, 0.1) is 11.3 Å². The van der Waals surface area contributed by atoms with Crippen LogP contribution in [0.4, 0.5) is 0 Å². The van der Waals surface area contributed by atoms with Gasteiger partial charge in [0.2, 0.25) is 0 Å². The molecular formula is C25H30. The first-order chi connectivity index (χ1) is 12.3. The highest BCUT2D eigenvalue weighted by Gasteiger charge is 2.46. The Hall–Kier alpha value is -1.82. The highest BCUT2D eigenvalue weighted by Crippen LogP contribution is 2.59. The van der Waals surface area contributed by atoms with Gasteiger partial charge in [0.15, 0.2) is 0 Å². The minimum absolute atomic E-state index is 0.349. The summed E-state index contributed by atoms with van der Waals surface area (Å²) in [5.41, 5.74) is 6.42. The summed E-state index contributed by atoms with van der Waals surface area (Å²) in [6.45, 7) is 6.54. The van der Waals surface area contributed by atoms with Crippen molar-refractivity contribution in [1.82, 2.24) is 0 Å². The zero-order chi connectivity index (χ0) is 17.3. The van der Waals surface area contributed by atoms with E-state index >= 15 is 0 Å². The number of rotatable bonds is 6. The summed E-state index contributed by atoms with van der Waals surface area (Å²) in [5.74, 6) is 1.40. The summed E-state index contributed by atoms with van der Waals surface area (Å²) in [7, 11) is 0. The Labute approximate surface area is 153 Å². The lowest BCUT2D eigenvalue weighted by Crippen LogP contribution is -2.33. The molecule has 2 aromatic carbocycles. The maximum atomic E-state index is 3.95. The number of hydrogen-bond donors (Lipinski definition) is 0. The van der Waals surface area contributed by atoms with Crippen molar-refractivity contribution in [2.45, 2.75) is 57.8 Å². The highest BCUT2D eigenvalue weighted by atomic mass is 14.5. The number of hydrogen-bond acceptors (Lipinski definition) is 0. The predicted octanol–water partition coefficient (Wildman–Crippen LogP) is 7.35. The fourth-order valence-corrected chi connectivity index (χ4v) is 5.66. The molecule has 0 radical (unpaired) electrons. The van der Waals surface area contributed by atoms with Crippen LogP contribution in [0.5, 0.6) is 0 Å². The molecule has 0 amide bonds. The van der Waals surface area contributed by atoms with Crippen molar-refractivity contribution in [3.05, 3.63) is 72.3 Å². The van der Waals surface area contributed by atoms with Gasteiger partial charge in [-0.1, -0.05) is 74.4 Å². The Kier molecular flexibility index (Phi) is 4.54. The van der Waals surface area contributed by atoms with E-state index in [0.717, 1.165) is 12.3 Å². The molecule has 1 atom stereocenters. The topological polar surface area (TPSA) is 0 Å². The predicted molar refractivity (Wildman–Crippen MR) is 108 cm³/mol. The van der Waals surface area contributed by atoms with Crippen molar-refractivity contribution < 1.29 is 0 Å². The average Bonchev–Trinajstić information content (AvgIpc) is 3.29. The second-order valence-corrected chi connectivity index (χ2v) is 8.28. The molecule has 1 fully saturated rings. The van der Waals surface area contributed by atoms with Crippen LogP contribution >= 0.6 is 0 Å². The van der Waals surface area contributed by atoms with E-state index in [1.165, 1.54) is 49.7 Å². The molecule has 0 spiro atoms. The van der Waals surface area contributed by atoms with Crippen molar-refractivity contribution in [2.75, 3.05) is 0 Å². The Balaban J connectivity index is 1.82. The maximum Gasteiger partial charge on any atom is 0.0158 e. The van der Waals surface area contributed by atoms with E-state index in [9.17, 15) is 0 Å². The lowest BCUT2D eigenvalue weighted by Gasteiger charge is -2.42. The number of fused-ring (bicyclic) bond motifs is 3. The summed E-state index contributed by atoms with van der Waals surface area (Å²) in [5, 5.41) is 0. The van der Waals surface area contributed by atoms with Crippen LogP contribution in [-0.2, 0) is 0 Å². The molecule has 130 valence electrons. The molecular weight excluding hydrogens is 300 g/mol. The van der Waals surface area contributed by atoms with Gasteiger partial charge in [-0.25, -0.2) is 0 Å². The van der Waals surface area contributed by atoms with Gasteiger partial charge in [-0.2, -0.15) is 0 Å². The first-order valence-corrected chi connectivity index (χ1v) is 10.0. The monoisotopic (exact) mass is 330 g/mol. The Bertz CT molecular complexity index is 705. The molecule has 1 unspecified atom stereocenters. The quantitative estimate of drug-likeness (QED) is 0.383.